The fraction of sp³-hybridized carbons (Fsp3) is 0.364. The Morgan fingerprint density at radius 3 is 2.64 bits per heavy atom. The van der Waals surface area contributed by atoms with Gasteiger partial charge in [0.1, 0.15) is 5.75 Å². The van der Waals surface area contributed by atoms with Crippen LogP contribution in [0.2, 0.25) is 0 Å². The second kappa shape index (κ2) is 5.70. The Kier molecular flexibility index (Phi) is 4.53. The number of para-hydroxylation sites is 1. The molecular weight excluding hydrogens is 196 g/mol. The summed E-state index contributed by atoms with van der Waals surface area (Å²) in [6.07, 6.45) is 1.67. The van der Waals surface area contributed by atoms with Gasteiger partial charge in [-0.2, -0.15) is 12.6 Å². The molecular formula is C11H14O2S. The molecule has 3 heteroatoms. The number of carbonyl (C=O) groups excluding carboxylic acids is 1. The third-order valence-electron chi connectivity index (χ3n) is 1.80. The molecule has 0 heterocycles. The molecule has 0 amide bonds. The van der Waals surface area contributed by atoms with Crippen LogP contribution in [0.15, 0.2) is 30.3 Å². The Hall–Kier alpha value is -0.960. The molecule has 0 fully saturated rings. The minimum absolute atomic E-state index is 0.276. The maximum Gasteiger partial charge on any atom is 0.324 e. The maximum absolute atomic E-state index is 11.4. The van der Waals surface area contributed by atoms with E-state index in [2.05, 4.69) is 12.6 Å². The highest BCUT2D eigenvalue weighted by Gasteiger charge is 2.14. The van der Waals surface area contributed by atoms with Crippen LogP contribution in [0.5, 0.6) is 5.75 Å². The highest BCUT2D eigenvalue weighted by molar-refractivity contribution is 7.81. The Labute approximate surface area is 89.7 Å². The van der Waals surface area contributed by atoms with Crippen LogP contribution < -0.4 is 4.74 Å². The summed E-state index contributed by atoms with van der Waals surface area (Å²) in [5, 5.41) is -0.319. The predicted molar refractivity (Wildman–Crippen MR) is 59.8 cm³/mol. The molecule has 1 rings (SSSR count). The van der Waals surface area contributed by atoms with E-state index in [1.165, 1.54) is 0 Å². The third-order valence-corrected chi connectivity index (χ3v) is 2.26. The Morgan fingerprint density at radius 2 is 2.07 bits per heavy atom. The number of thiol groups is 1. The van der Waals surface area contributed by atoms with Gasteiger partial charge in [-0.1, -0.05) is 31.5 Å². The molecule has 1 aromatic rings. The van der Waals surface area contributed by atoms with Crippen molar-refractivity contribution in [2.45, 2.75) is 25.0 Å². The first-order valence-electron chi connectivity index (χ1n) is 4.69. The zero-order chi connectivity index (χ0) is 10.4. The van der Waals surface area contributed by atoms with Gasteiger partial charge in [0.15, 0.2) is 0 Å². The summed E-state index contributed by atoms with van der Waals surface area (Å²) in [7, 11) is 0. The van der Waals surface area contributed by atoms with Crippen LogP contribution in [0, 0.1) is 0 Å². The lowest BCUT2D eigenvalue weighted by Gasteiger charge is -2.08. The van der Waals surface area contributed by atoms with Crippen LogP contribution in [0.25, 0.3) is 0 Å². The monoisotopic (exact) mass is 210 g/mol. The van der Waals surface area contributed by atoms with Crippen molar-refractivity contribution in [1.82, 2.24) is 0 Å². The van der Waals surface area contributed by atoms with Crippen molar-refractivity contribution in [2.75, 3.05) is 0 Å². The molecule has 0 N–H and O–H groups in total. The van der Waals surface area contributed by atoms with Crippen molar-refractivity contribution < 1.29 is 9.53 Å². The molecule has 0 radical (unpaired) electrons. The lowest BCUT2D eigenvalue weighted by molar-refractivity contribution is -0.133. The highest BCUT2D eigenvalue weighted by atomic mass is 32.1. The minimum Gasteiger partial charge on any atom is -0.426 e. The zero-order valence-corrected chi connectivity index (χ0v) is 9.04. The minimum atomic E-state index is -0.319. The van der Waals surface area contributed by atoms with E-state index in [0.717, 1.165) is 12.8 Å². The molecule has 1 unspecified atom stereocenters. The van der Waals surface area contributed by atoms with Gasteiger partial charge in [0.05, 0.1) is 5.25 Å². The van der Waals surface area contributed by atoms with Crippen LogP contribution in [-0.2, 0) is 4.79 Å². The Morgan fingerprint density at radius 1 is 1.43 bits per heavy atom. The van der Waals surface area contributed by atoms with Gasteiger partial charge in [-0.3, -0.25) is 4.79 Å². The van der Waals surface area contributed by atoms with E-state index in [1.807, 2.05) is 25.1 Å². The van der Waals surface area contributed by atoms with Gasteiger partial charge in [-0.05, 0) is 18.6 Å². The van der Waals surface area contributed by atoms with Crippen molar-refractivity contribution in [2.24, 2.45) is 0 Å². The number of ether oxygens (including phenoxy) is 1. The molecule has 0 saturated carbocycles. The standard InChI is InChI=1S/C11H14O2S/c1-2-6-10(14)11(12)13-9-7-4-3-5-8-9/h3-5,7-8,10,14H,2,6H2,1H3. The third kappa shape index (κ3) is 3.42. The topological polar surface area (TPSA) is 26.3 Å². The van der Waals surface area contributed by atoms with Crippen molar-refractivity contribution in [3.8, 4) is 5.75 Å². The van der Waals surface area contributed by atoms with Crippen molar-refractivity contribution >= 4 is 18.6 Å². The van der Waals surface area contributed by atoms with Crippen LogP contribution in [0.4, 0.5) is 0 Å². The average Bonchev–Trinajstić information content (AvgIpc) is 2.19. The summed E-state index contributed by atoms with van der Waals surface area (Å²) >= 11 is 4.16. The fourth-order valence-electron chi connectivity index (χ4n) is 1.06. The zero-order valence-electron chi connectivity index (χ0n) is 8.14. The molecule has 0 aliphatic rings. The van der Waals surface area contributed by atoms with E-state index in [-0.39, 0.29) is 11.2 Å². The molecule has 0 spiro atoms. The van der Waals surface area contributed by atoms with E-state index in [0.29, 0.717) is 5.75 Å². The molecule has 0 aromatic heterocycles. The summed E-state index contributed by atoms with van der Waals surface area (Å²) in [6, 6.07) is 9.04. The van der Waals surface area contributed by atoms with Gasteiger partial charge in [0, 0.05) is 0 Å². The maximum atomic E-state index is 11.4. The number of hydrogen-bond donors (Lipinski definition) is 1. The van der Waals surface area contributed by atoms with Crippen LogP contribution >= 0.6 is 12.6 Å². The Balaban J connectivity index is 2.49. The van der Waals surface area contributed by atoms with Gasteiger partial charge in [0.25, 0.3) is 0 Å². The van der Waals surface area contributed by atoms with E-state index in [9.17, 15) is 4.79 Å². The first-order chi connectivity index (χ1) is 6.74. The van der Waals surface area contributed by atoms with Gasteiger partial charge in [-0.25, -0.2) is 0 Å². The summed E-state index contributed by atoms with van der Waals surface area (Å²) in [4.78, 5) is 11.4. The smallest absolute Gasteiger partial charge is 0.324 e. The first-order valence-corrected chi connectivity index (χ1v) is 5.20. The lowest BCUT2D eigenvalue weighted by Crippen LogP contribution is -2.20. The highest BCUT2D eigenvalue weighted by Crippen LogP contribution is 2.12. The SMILES string of the molecule is CCCC(S)C(=O)Oc1ccccc1. The summed E-state index contributed by atoms with van der Waals surface area (Å²) in [5.41, 5.74) is 0. The summed E-state index contributed by atoms with van der Waals surface area (Å²) in [5.74, 6) is 0.300. The number of benzene rings is 1. The lowest BCUT2D eigenvalue weighted by atomic mass is 10.2. The molecule has 1 aromatic carbocycles. The van der Waals surface area contributed by atoms with Gasteiger partial charge in [-0.15, -0.1) is 0 Å². The number of rotatable bonds is 4. The molecule has 76 valence electrons. The average molecular weight is 210 g/mol. The largest absolute Gasteiger partial charge is 0.426 e. The quantitative estimate of drug-likeness (QED) is 0.470. The van der Waals surface area contributed by atoms with Crippen molar-refractivity contribution in [3.63, 3.8) is 0 Å². The molecule has 14 heavy (non-hydrogen) atoms. The van der Waals surface area contributed by atoms with Gasteiger partial charge in [0.2, 0.25) is 0 Å². The van der Waals surface area contributed by atoms with E-state index in [4.69, 9.17) is 4.74 Å². The number of carbonyl (C=O) groups is 1. The molecule has 0 aliphatic heterocycles. The predicted octanol–water partition coefficient (Wildman–Crippen LogP) is 2.69. The second-order valence-electron chi connectivity index (χ2n) is 3.04. The van der Waals surface area contributed by atoms with E-state index < -0.39 is 0 Å². The van der Waals surface area contributed by atoms with Gasteiger partial charge >= 0.3 is 5.97 Å². The van der Waals surface area contributed by atoms with Crippen LogP contribution in [0.1, 0.15) is 19.8 Å². The molecule has 0 saturated heterocycles. The van der Waals surface area contributed by atoms with Crippen molar-refractivity contribution in [1.29, 1.82) is 0 Å². The number of esters is 1. The normalized spacial score (nSPS) is 12.1. The molecule has 1 atom stereocenters. The second-order valence-corrected chi connectivity index (χ2v) is 3.66. The van der Waals surface area contributed by atoms with E-state index >= 15 is 0 Å². The van der Waals surface area contributed by atoms with E-state index in [1.54, 1.807) is 12.1 Å². The van der Waals surface area contributed by atoms with Crippen LogP contribution in [0.3, 0.4) is 0 Å². The molecule has 2 nitrogen and oxygen atoms in total. The Bertz CT molecular complexity index is 285. The summed E-state index contributed by atoms with van der Waals surface area (Å²) in [6.45, 7) is 2.01. The van der Waals surface area contributed by atoms with Crippen LogP contribution in [-0.4, -0.2) is 11.2 Å². The first kappa shape index (κ1) is 11.1. The molecule has 0 bridgehead atoms. The summed E-state index contributed by atoms with van der Waals surface area (Å²) < 4.78 is 5.11. The fourth-order valence-corrected chi connectivity index (χ4v) is 1.37. The molecule has 0 aliphatic carbocycles. The number of hydrogen-bond acceptors (Lipinski definition) is 3. The van der Waals surface area contributed by atoms with Crippen molar-refractivity contribution in [3.05, 3.63) is 30.3 Å². The van der Waals surface area contributed by atoms with Gasteiger partial charge < -0.3 is 4.74 Å².